The minimum absolute atomic E-state index is 0.174. The van der Waals surface area contributed by atoms with Crippen molar-refractivity contribution in [3.8, 4) is 0 Å². The van der Waals surface area contributed by atoms with Gasteiger partial charge >= 0.3 is 0 Å². The van der Waals surface area contributed by atoms with E-state index in [0.29, 0.717) is 0 Å². The smallest absolute Gasteiger partial charge is 0.131 e. The maximum absolute atomic E-state index is 6.08. The molecule has 0 aliphatic carbocycles. The van der Waals surface area contributed by atoms with Crippen LogP contribution in [0.3, 0.4) is 0 Å². The second-order valence-electron chi connectivity index (χ2n) is 5.34. The number of nitrogens with two attached hydrogens (primary N) is 1. The average Bonchev–Trinajstić information content (AvgIpc) is 2.47. The molecule has 0 fully saturated rings. The molecule has 1 heterocycles. The Morgan fingerprint density at radius 3 is 2.81 bits per heavy atom. The van der Waals surface area contributed by atoms with Gasteiger partial charge in [0.25, 0.3) is 0 Å². The summed E-state index contributed by atoms with van der Waals surface area (Å²) < 4.78 is 0. The van der Waals surface area contributed by atoms with E-state index < -0.39 is 0 Å². The van der Waals surface area contributed by atoms with Crippen LogP contribution in [-0.2, 0) is 13.0 Å². The van der Waals surface area contributed by atoms with Crippen molar-refractivity contribution in [1.82, 2.24) is 4.98 Å². The van der Waals surface area contributed by atoms with Gasteiger partial charge in [0.15, 0.2) is 0 Å². The van der Waals surface area contributed by atoms with Crippen molar-refractivity contribution in [1.29, 1.82) is 0 Å². The Morgan fingerprint density at radius 1 is 1.29 bits per heavy atom. The Hall–Kier alpha value is -1.58. The van der Waals surface area contributed by atoms with Gasteiger partial charge in [0.2, 0.25) is 0 Å². The van der Waals surface area contributed by atoms with E-state index in [1.165, 1.54) is 11.1 Å². The van der Waals surface area contributed by atoms with Gasteiger partial charge in [0, 0.05) is 30.9 Å². The van der Waals surface area contributed by atoms with E-state index in [4.69, 9.17) is 17.3 Å². The summed E-state index contributed by atoms with van der Waals surface area (Å²) in [5, 5.41) is 0.759. The maximum atomic E-state index is 6.08. The van der Waals surface area contributed by atoms with Crippen molar-refractivity contribution < 1.29 is 0 Å². The first-order chi connectivity index (χ1) is 10.1. The summed E-state index contributed by atoms with van der Waals surface area (Å²) >= 11 is 6.04. The van der Waals surface area contributed by atoms with Crippen LogP contribution >= 0.6 is 11.6 Å². The third kappa shape index (κ3) is 4.45. The second-order valence-corrected chi connectivity index (χ2v) is 5.78. The molecule has 112 valence electrons. The van der Waals surface area contributed by atoms with Crippen LogP contribution in [0.5, 0.6) is 0 Å². The van der Waals surface area contributed by atoms with Crippen molar-refractivity contribution in [3.05, 3.63) is 58.7 Å². The number of nitrogens with zero attached hydrogens (tertiary/aromatic N) is 2. The Bertz CT molecular complexity index is 586. The molecule has 1 aromatic heterocycles. The molecule has 1 unspecified atom stereocenters. The van der Waals surface area contributed by atoms with E-state index in [1.54, 1.807) is 0 Å². The lowest BCUT2D eigenvalue weighted by Crippen LogP contribution is -2.25. The first-order valence-electron chi connectivity index (χ1n) is 7.25. The molecular formula is C17H22ClN3. The van der Waals surface area contributed by atoms with Gasteiger partial charge in [0.05, 0.1) is 0 Å². The highest BCUT2D eigenvalue weighted by molar-refractivity contribution is 6.30. The van der Waals surface area contributed by atoms with Crippen LogP contribution in [0.25, 0.3) is 0 Å². The predicted octanol–water partition coefficient (Wildman–Crippen LogP) is 3.65. The molecule has 2 N–H and O–H groups in total. The first kappa shape index (κ1) is 15.8. The van der Waals surface area contributed by atoms with Gasteiger partial charge in [-0.2, -0.15) is 0 Å². The molecule has 21 heavy (non-hydrogen) atoms. The number of anilines is 1. The minimum atomic E-state index is 0.174. The highest BCUT2D eigenvalue weighted by atomic mass is 35.5. The van der Waals surface area contributed by atoms with Crippen molar-refractivity contribution in [2.75, 3.05) is 11.9 Å². The lowest BCUT2D eigenvalue weighted by molar-refractivity contribution is 0.643. The quantitative estimate of drug-likeness (QED) is 0.885. The zero-order valence-electron chi connectivity index (χ0n) is 12.6. The summed E-state index contributed by atoms with van der Waals surface area (Å²) in [5.74, 6) is 0.987. The molecule has 0 spiro atoms. The van der Waals surface area contributed by atoms with Crippen LogP contribution in [0.1, 0.15) is 24.5 Å². The van der Waals surface area contributed by atoms with Crippen molar-refractivity contribution in [3.63, 3.8) is 0 Å². The predicted molar refractivity (Wildman–Crippen MR) is 89.8 cm³/mol. The van der Waals surface area contributed by atoms with Crippen LogP contribution in [0.2, 0.25) is 5.02 Å². The second kappa shape index (κ2) is 7.43. The Kier molecular flexibility index (Phi) is 5.59. The average molecular weight is 304 g/mol. The molecule has 4 heteroatoms. The van der Waals surface area contributed by atoms with E-state index in [-0.39, 0.29) is 6.04 Å². The molecule has 2 rings (SSSR count). The number of pyridine rings is 1. The maximum Gasteiger partial charge on any atom is 0.131 e. The van der Waals surface area contributed by atoms with Crippen LogP contribution in [-0.4, -0.2) is 18.1 Å². The monoisotopic (exact) mass is 303 g/mol. The van der Waals surface area contributed by atoms with Crippen molar-refractivity contribution >= 4 is 17.4 Å². The van der Waals surface area contributed by atoms with E-state index in [2.05, 4.69) is 28.9 Å². The van der Waals surface area contributed by atoms with Crippen molar-refractivity contribution in [2.45, 2.75) is 32.4 Å². The zero-order valence-corrected chi connectivity index (χ0v) is 13.3. The summed E-state index contributed by atoms with van der Waals surface area (Å²) in [4.78, 5) is 6.66. The highest BCUT2D eigenvalue weighted by Gasteiger charge is 2.11. The van der Waals surface area contributed by atoms with Gasteiger partial charge < -0.3 is 10.6 Å². The molecule has 0 aliphatic rings. The van der Waals surface area contributed by atoms with Gasteiger partial charge in [-0.1, -0.05) is 36.7 Å². The topological polar surface area (TPSA) is 42.1 Å². The lowest BCUT2D eigenvalue weighted by Gasteiger charge is -2.22. The van der Waals surface area contributed by atoms with Crippen molar-refractivity contribution in [2.24, 2.45) is 5.73 Å². The van der Waals surface area contributed by atoms with Gasteiger partial charge in [-0.15, -0.1) is 0 Å². The summed E-state index contributed by atoms with van der Waals surface area (Å²) in [5.41, 5.74) is 8.44. The van der Waals surface area contributed by atoms with Crippen LogP contribution < -0.4 is 10.6 Å². The van der Waals surface area contributed by atoms with E-state index in [9.17, 15) is 0 Å². The van der Waals surface area contributed by atoms with E-state index >= 15 is 0 Å². The highest BCUT2D eigenvalue weighted by Crippen LogP contribution is 2.21. The normalized spacial score (nSPS) is 12.2. The largest absolute Gasteiger partial charge is 0.355 e. The Morgan fingerprint density at radius 2 is 2.10 bits per heavy atom. The molecule has 0 bridgehead atoms. The molecule has 0 aliphatic heterocycles. The van der Waals surface area contributed by atoms with Crippen LogP contribution in [0, 0.1) is 0 Å². The van der Waals surface area contributed by atoms with Gasteiger partial charge in [0.1, 0.15) is 5.82 Å². The van der Waals surface area contributed by atoms with E-state index in [0.717, 1.165) is 30.2 Å². The Labute approximate surface area is 131 Å². The Balaban J connectivity index is 2.17. The van der Waals surface area contributed by atoms with Gasteiger partial charge in [-0.25, -0.2) is 4.98 Å². The summed E-state index contributed by atoms with van der Waals surface area (Å²) in [6, 6.07) is 12.2. The summed E-state index contributed by atoms with van der Waals surface area (Å²) in [6.45, 7) is 2.88. The molecule has 0 saturated carbocycles. The third-order valence-electron chi connectivity index (χ3n) is 3.54. The molecule has 0 radical (unpaired) electrons. The zero-order chi connectivity index (χ0) is 15.2. The fraction of sp³-hybridized carbons (Fsp3) is 0.353. The fourth-order valence-corrected chi connectivity index (χ4v) is 2.56. The molecule has 2 aromatic rings. The van der Waals surface area contributed by atoms with Gasteiger partial charge in [-0.05, 0) is 42.2 Å². The molecular weight excluding hydrogens is 282 g/mol. The van der Waals surface area contributed by atoms with E-state index in [1.807, 2.05) is 37.5 Å². The standard InChI is InChI=1S/C17H22ClN3/c1-3-16(19)11-14-7-5-9-20-17(14)21(2)12-13-6-4-8-15(18)10-13/h4-10,16H,3,11-12,19H2,1-2H3. The lowest BCUT2D eigenvalue weighted by atomic mass is 10.0. The number of hydrogen-bond acceptors (Lipinski definition) is 3. The van der Waals surface area contributed by atoms with Crippen LogP contribution in [0.15, 0.2) is 42.6 Å². The summed E-state index contributed by atoms with van der Waals surface area (Å²) in [7, 11) is 2.05. The SMILES string of the molecule is CCC(N)Cc1cccnc1N(C)Cc1cccc(Cl)c1. The summed E-state index contributed by atoms with van der Waals surface area (Å²) in [6.07, 6.45) is 3.64. The minimum Gasteiger partial charge on any atom is -0.355 e. The first-order valence-corrected chi connectivity index (χ1v) is 7.63. The number of benzene rings is 1. The molecule has 0 saturated heterocycles. The third-order valence-corrected chi connectivity index (χ3v) is 3.78. The molecule has 1 atom stereocenters. The van der Waals surface area contributed by atoms with Crippen LogP contribution in [0.4, 0.5) is 5.82 Å². The number of rotatable bonds is 6. The van der Waals surface area contributed by atoms with Gasteiger partial charge in [-0.3, -0.25) is 0 Å². The number of hydrogen-bond donors (Lipinski definition) is 1. The molecule has 0 amide bonds. The number of halogens is 1. The fourth-order valence-electron chi connectivity index (χ4n) is 2.34. The molecule has 1 aromatic carbocycles. The molecule has 3 nitrogen and oxygen atoms in total. The number of aromatic nitrogens is 1.